The fourth-order valence-electron chi connectivity index (χ4n) is 0.966. The molecule has 0 heterocycles. The van der Waals surface area contributed by atoms with Crippen LogP contribution in [-0.2, 0) is 14.4 Å². The molecular weight excluding hydrogens is 338 g/mol. The molecule has 0 saturated heterocycles. The molecule has 0 aliphatic carbocycles. The Morgan fingerprint density at radius 1 is 0.889 bits per heavy atom. The van der Waals surface area contributed by atoms with E-state index in [1.165, 1.54) is 18.6 Å². The van der Waals surface area contributed by atoms with Crippen LogP contribution in [0.1, 0.15) is 82.1 Å². The Hall–Kier alpha value is -1.97. The molecule has 0 spiro atoms. The summed E-state index contributed by atoms with van der Waals surface area (Å²) in [6, 6.07) is 0. The molecule has 0 saturated carbocycles. The molecule has 0 rings (SSSR count). The van der Waals surface area contributed by atoms with E-state index in [2.05, 4.69) is 32.3 Å². The molecule has 0 aliphatic heterocycles. The fourth-order valence-corrected chi connectivity index (χ4v) is 0.966. The molecule has 0 unspecified atom stereocenters. The molecule has 0 atom stereocenters. The third kappa shape index (κ3) is 35.9. The van der Waals surface area contributed by atoms with Crippen molar-refractivity contribution in [1.82, 2.24) is 5.32 Å². The zero-order valence-corrected chi connectivity index (χ0v) is 19.4. The van der Waals surface area contributed by atoms with E-state index in [1.807, 2.05) is 55.4 Å². The largest absolute Gasteiger partial charge is 0.348 e. The molecule has 1 N–H and O–H groups in total. The average Bonchev–Trinajstić information content (AvgIpc) is 2.53. The van der Waals surface area contributed by atoms with Crippen LogP contribution in [0, 0.1) is 5.41 Å². The predicted molar refractivity (Wildman–Crippen MR) is 119 cm³/mol. The van der Waals surface area contributed by atoms with Crippen LogP contribution in [0.2, 0.25) is 0 Å². The molecule has 0 aromatic heterocycles. The highest BCUT2D eigenvalue weighted by molar-refractivity contribution is 5.93. The monoisotopic (exact) mass is 381 g/mol. The van der Waals surface area contributed by atoms with Gasteiger partial charge in [0.25, 0.3) is 0 Å². The van der Waals surface area contributed by atoms with Crippen molar-refractivity contribution in [1.29, 1.82) is 0 Å². The molecule has 0 aromatic carbocycles. The summed E-state index contributed by atoms with van der Waals surface area (Å²) in [6.07, 6.45) is 7.81. The van der Waals surface area contributed by atoms with Crippen molar-refractivity contribution in [2.45, 2.75) is 87.6 Å². The minimum atomic E-state index is -0.216. The Bertz CT molecular complexity index is 461. The lowest BCUT2D eigenvalue weighted by molar-refractivity contribution is -0.121. The quantitative estimate of drug-likeness (QED) is 0.623. The van der Waals surface area contributed by atoms with Gasteiger partial charge in [0.05, 0.1) is 0 Å². The van der Waals surface area contributed by atoms with Gasteiger partial charge in [-0.15, -0.1) is 0 Å². The fraction of sp³-hybridized carbons (Fsp3) is 0.609. The second kappa shape index (κ2) is 18.8. The first kappa shape index (κ1) is 32.7. The van der Waals surface area contributed by atoms with Crippen LogP contribution in [0.5, 0.6) is 0 Å². The number of hydrogen-bond acceptors (Lipinski definition) is 3. The van der Waals surface area contributed by atoms with Gasteiger partial charge in [-0.25, -0.2) is 0 Å². The number of carbonyl (C=O) groups is 3. The first-order valence-corrected chi connectivity index (χ1v) is 9.43. The summed E-state index contributed by atoms with van der Waals surface area (Å²) in [7, 11) is 0. The van der Waals surface area contributed by atoms with E-state index in [1.54, 1.807) is 12.2 Å². The maximum Gasteiger partial charge on any atom is 0.243 e. The summed E-state index contributed by atoms with van der Waals surface area (Å²) in [5.41, 5.74) is -0.363. The maximum atomic E-state index is 11.0. The molecule has 158 valence electrons. The number of allylic oxidation sites excluding steroid dienone is 3. The highest BCUT2D eigenvalue weighted by Crippen LogP contribution is 2.14. The van der Waals surface area contributed by atoms with Crippen LogP contribution < -0.4 is 5.32 Å². The van der Waals surface area contributed by atoms with E-state index >= 15 is 0 Å². The Kier molecular flexibility index (Phi) is 22.8. The summed E-state index contributed by atoms with van der Waals surface area (Å²) < 4.78 is 0. The van der Waals surface area contributed by atoms with Crippen molar-refractivity contribution in [2.24, 2.45) is 5.41 Å². The summed E-state index contributed by atoms with van der Waals surface area (Å²) in [5.74, 6) is 0.169. The SMILES string of the molecule is C/C=C/C(=O)C(C)(C)C.C=CC(=O)CC.C=CC(=O)NC(C)(C)C.CCC. The second-order valence-electron chi connectivity index (χ2n) is 7.79. The van der Waals surface area contributed by atoms with Crippen LogP contribution in [0.4, 0.5) is 0 Å². The van der Waals surface area contributed by atoms with Gasteiger partial charge in [-0.1, -0.05) is 67.2 Å². The van der Waals surface area contributed by atoms with Gasteiger partial charge >= 0.3 is 0 Å². The first-order chi connectivity index (χ1) is 12.2. The van der Waals surface area contributed by atoms with Gasteiger partial charge in [-0.2, -0.15) is 0 Å². The van der Waals surface area contributed by atoms with E-state index in [0.29, 0.717) is 6.42 Å². The average molecular weight is 382 g/mol. The lowest BCUT2D eigenvalue weighted by Crippen LogP contribution is -2.39. The summed E-state index contributed by atoms with van der Waals surface area (Å²) in [6.45, 7) is 26.0. The molecule has 0 fully saturated rings. The molecule has 0 bridgehead atoms. The third-order valence-corrected chi connectivity index (χ3v) is 2.32. The number of ketones is 2. The summed E-state index contributed by atoms with van der Waals surface area (Å²) >= 11 is 0. The van der Waals surface area contributed by atoms with Gasteiger partial charge in [0.15, 0.2) is 11.6 Å². The molecule has 1 amide bonds. The van der Waals surface area contributed by atoms with Crippen LogP contribution in [0.25, 0.3) is 0 Å². The molecule has 4 heteroatoms. The lowest BCUT2D eigenvalue weighted by Gasteiger charge is -2.18. The van der Waals surface area contributed by atoms with Crippen LogP contribution in [0.15, 0.2) is 37.5 Å². The van der Waals surface area contributed by atoms with E-state index in [0.717, 1.165) is 0 Å². The minimum Gasteiger partial charge on any atom is -0.348 e. The minimum absolute atomic E-state index is 0.106. The standard InChI is InChI=1S/C8H14O.C7H13NO.C5H8O.C3H8/c1-5-6-7(9)8(2,3)4;1-5-6(9)8-7(2,3)4;1-3-5(6)4-2;1-3-2/h5-6H,1-4H3;5H,1H2,2-4H3,(H,8,9);3H,1,4H2,2H3;3H2,1-2H3/b6-5+;;;. The molecule has 0 aromatic rings. The normalized spacial score (nSPS) is 10.0. The zero-order chi connectivity index (χ0) is 22.7. The summed E-state index contributed by atoms with van der Waals surface area (Å²) in [4.78, 5) is 31.6. The van der Waals surface area contributed by atoms with Crippen LogP contribution in [-0.4, -0.2) is 23.0 Å². The van der Waals surface area contributed by atoms with Crippen molar-refractivity contribution in [3.05, 3.63) is 37.5 Å². The Morgan fingerprint density at radius 2 is 1.30 bits per heavy atom. The number of amides is 1. The molecule has 27 heavy (non-hydrogen) atoms. The summed E-state index contributed by atoms with van der Waals surface area (Å²) in [5, 5.41) is 2.71. The highest BCUT2D eigenvalue weighted by atomic mass is 16.1. The number of nitrogens with one attached hydrogen (secondary N) is 1. The van der Waals surface area contributed by atoms with Crippen molar-refractivity contribution in [2.75, 3.05) is 0 Å². The predicted octanol–water partition coefficient (Wildman–Crippen LogP) is 5.83. The van der Waals surface area contributed by atoms with Gasteiger partial charge < -0.3 is 5.32 Å². The third-order valence-electron chi connectivity index (χ3n) is 2.32. The van der Waals surface area contributed by atoms with Crippen molar-refractivity contribution in [3.63, 3.8) is 0 Å². The van der Waals surface area contributed by atoms with E-state index in [9.17, 15) is 14.4 Å². The van der Waals surface area contributed by atoms with E-state index in [4.69, 9.17) is 0 Å². The van der Waals surface area contributed by atoms with Crippen LogP contribution >= 0.6 is 0 Å². The lowest BCUT2D eigenvalue weighted by atomic mass is 9.91. The van der Waals surface area contributed by atoms with Gasteiger partial charge in [-0.05, 0) is 45.9 Å². The topological polar surface area (TPSA) is 63.2 Å². The van der Waals surface area contributed by atoms with Crippen molar-refractivity contribution in [3.8, 4) is 0 Å². The van der Waals surface area contributed by atoms with Crippen LogP contribution in [0.3, 0.4) is 0 Å². The van der Waals surface area contributed by atoms with Gasteiger partial charge in [0, 0.05) is 17.4 Å². The van der Waals surface area contributed by atoms with Gasteiger partial charge in [-0.3, -0.25) is 14.4 Å². The van der Waals surface area contributed by atoms with Crippen molar-refractivity contribution >= 4 is 17.5 Å². The molecule has 0 aliphatic rings. The zero-order valence-electron chi connectivity index (χ0n) is 19.4. The van der Waals surface area contributed by atoms with Gasteiger partial charge in [0.1, 0.15) is 0 Å². The molecular formula is C23H43NO3. The second-order valence-corrected chi connectivity index (χ2v) is 7.79. The molecule has 0 radical (unpaired) electrons. The number of carbonyl (C=O) groups excluding carboxylic acids is 3. The Balaban J connectivity index is -0.000000139. The smallest absolute Gasteiger partial charge is 0.243 e. The molecule has 4 nitrogen and oxygen atoms in total. The van der Waals surface area contributed by atoms with E-state index < -0.39 is 0 Å². The first-order valence-electron chi connectivity index (χ1n) is 9.43. The highest BCUT2D eigenvalue weighted by Gasteiger charge is 2.17. The number of rotatable bonds is 4. The van der Waals surface area contributed by atoms with Crippen molar-refractivity contribution < 1.29 is 14.4 Å². The number of hydrogen-bond donors (Lipinski definition) is 1. The Morgan fingerprint density at radius 3 is 1.37 bits per heavy atom. The van der Waals surface area contributed by atoms with E-state index in [-0.39, 0.29) is 28.4 Å². The Labute approximate surface area is 168 Å². The maximum absolute atomic E-state index is 11.0. The van der Waals surface area contributed by atoms with Gasteiger partial charge in [0.2, 0.25) is 5.91 Å².